The summed E-state index contributed by atoms with van der Waals surface area (Å²) in [5.41, 5.74) is 0. The minimum atomic E-state index is -0.0540. The zero-order chi connectivity index (χ0) is 11.6. The van der Waals surface area contributed by atoms with Gasteiger partial charge < -0.3 is 9.84 Å². The Balaban J connectivity index is 2.03. The number of aliphatic hydroxyl groups is 1. The van der Waals surface area contributed by atoms with Gasteiger partial charge in [-0.2, -0.15) is 0 Å². The third-order valence-electron chi connectivity index (χ3n) is 3.08. The molecule has 16 heavy (non-hydrogen) atoms. The molecule has 1 rings (SSSR count). The molecule has 1 aliphatic rings. The average molecular weight is 224 g/mol. The van der Waals surface area contributed by atoms with Crippen molar-refractivity contribution in [2.75, 3.05) is 6.61 Å². The van der Waals surface area contributed by atoms with E-state index in [0.29, 0.717) is 6.10 Å². The Labute approximate surface area is 99.4 Å². The van der Waals surface area contributed by atoms with Gasteiger partial charge in [-0.1, -0.05) is 50.9 Å². The Hall–Kier alpha value is -0.520. The smallest absolute Gasteiger partial charge is 0.118 e. The summed E-state index contributed by atoms with van der Waals surface area (Å²) in [6.45, 7) is 2.19. The highest BCUT2D eigenvalue weighted by Gasteiger charge is 2.22. The molecule has 1 saturated heterocycles. The van der Waals surface area contributed by atoms with Crippen molar-refractivity contribution in [2.45, 2.75) is 70.5 Å². The van der Waals surface area contributed by atoms with Gasteiger partial charge in [-0.05, 0) is 19.3 Å². The molecule has 0 unspecified atom stereocenters. The minimum Gasteiger partial charge on any atom is -0.384 e. The van der Waals surface area contributed by atoms with E-state index in [1.807, 2.05) is 0 Å². The number of ether oxygens (including phenoxy) is 1. The number of hydrogen-bond acceptors (Lipinski definition) is 2. The molecule has 0 aliphatic carbocycles. The van der Waals surface area contributed by atoms with Gasteiger partial charge in [0.2, 0.25) is 0 Å². The Bertz CT molecular complexity index is 227. The summed E-state index contributed by atoms with van der Waals surface area (Å²) in [6.07, 6.45) is 10.5. The second-order valence-electron chi connectivity index (χ2n) is 4.51. The Morgan fingerprint density at radius 3 is 2.75 bits per heavy atom. The molecule has 0 spiro atoms. The van der Waals surface area contributed by atoms with Crippen LogP contribution in [-0.4, -0.2) is 23.9 Å². The Morgan fingerprint density at radius 2 is 2.00 bits per heavy atom. The molecule has 1 N–H and O–H groups in total. The normalized spacial score (nSPS) is 24.1. The molecule has 2 nitrogen and oxygen atoms in total. The number of hydrogen-bond donors (Lipinski definition) is 1. The quantitative estimate of drug-likeness (QED) is 0.555. The fraction of sp³-hybridized carbons (Fsp3) is 0.857. The standard InChI is InChI=1S/C14H24O2/c1-2-3-4-5-6-8-13-10-11-14(16-13)9-7-12-15/h13-15H,2-6,8,10-12H2,1H3/t13-,14-/m1/s1. The van der Waals surface area contributed by atoms with E-state index in [-0.39, 0.29) is 12.7 Å². The van der Waals surface area contributed by atoms with E-state index in [1.54, 1.807) is 0 Å². The van der Waals surface area contributed by atoms with Crippen LogP contribution in [0.5, 0.6) is 0 Å². The fourth-order valence-corrected chi connectivity index (χ4v) is 2.16. The maximum atomic E-state index is 8.59. The van der Waals surface area contributed by atoms with Crippen LogP contribution in [0.4, 0.5) is 0 Å². The second-order valence-corrected chi connectivity index (χ2v) is 4.51. The van der Waals surface area contributed by atoms with Crippen LogP contribution < -0.4 is 0 Å². The highest BCUT2D eigenvalue weighted by Crippen LogP contribution is 2.23. The third-order valence-corrected chi connectivity index (χ3v) is 3.08. The van der Waals surface area contributed by atoms with Crippen LogP contribution in [0.3, 0.4) is 0 Å². The van der Waals surface area contributed by atoms with E-state index in [1.165, 1.54) is 38.5 Å². The van der Waals surface area contributed by atoms with Crippen molar-refractivity contribution >= 4 is 0 Å². The molecule has 0 aromatic carbocycles. The predicted octanol–water partition coefficient (Wildman–Crippen LogP) is 2.89. The molecule has 0 saturated carbocycles. The lowest BCUT2D eigenvalue weighted by molar-refractivity contribution is 0.0685. The van der Waals surface area contributed by atoms with Crippen molar-refractivity contribution in [3.05, 3.63) is 0 Å². The number of aliphatic hydroxyl groups excluding tert-OH is 1. The molecule has 0 aromatic heterocycles. The summed E-state index contributed by atoms with van der Waals surface area (Å²) in [6, 6.07) is 0. The van der Waals surface area contributed by atoms with Gasteiger partial charge in [-0.25, -0.2) is 0 Å². The first-order valence-electron chi connectivity index (χ1n) is 6.61. The molecule has 1 heterocycles. The van der Waals surface area contributed by atoms with Crippen molar-refractivity contribution in [1.82, 2.24) is 0 Å². The van der Waals surface area contributed by atoms with Crippen molar-refractivity contribution in [3.8, 4) is 11.8 Å². The molecule has 0 aromatic rings. The molecule has 0 radical (unpaired) electrons. The van der Waals surface area contributed by atoms with Crippen molar-refractivity contribution in [2.24, 2.45) is 0 Å². The van der Waals surface area contributed by atoms with E-state index in [9.17, 15) is 0 Å². The molecule has 1 fully saturated rings. The summed E-state index contributed by atoms with van der Waals surface area (Å²) >= 11 is 0. The molecule has 2 heteroatoms. The van der Waals surface area contributed by atoms with Gasteiger partial charge in [0.1, 0.15) is 12.7 Å². The van der Waals surface area contributed by atoms with Gasteiger partial charge >= 0.3 is 0 Å². The lowest BCUT2D eigenvalue weighted by Crippen LogP contribution is -2.09. The molecular weight excluding hydrogens is 200 g/mol. The van der Waals surface area contributed by atoms with E-state index in [0.717, 1.165) is 12.8 Å². The lowest BCUT2D eigenvalue weighted by atomic mass is 10.1. The lowest BCUT2D eigenvalue weighted by Gasteiger charge is -2.09. The SMILES string of the molecule is CCCCCCC[C@@H]1CC[C@@H](C#CCO)O1. The summed E-state index contributed by atoms with van der Waals surface area (Å²) < 4.78 is 5.79. The van der Waals surface area contributed by atoms with Gasteiger partial charge in [0.05, 0.1) is 6.10 Å². The Kier molecular flexibility index (Phi) is 7.29. The first-order valence-corrected chi connectivity index (χ1v) is 6.61. The molecule has 0 amide bonds. The van der Waals surface area contributed by atoms with Crippen molar-refractivity contribution < 1.29 is 9.84 Å². The first-order chi connectivity index (χ1) is 7.86. The van der Waals surface area contributed by atoms with Crippen LogP contribution >= 0.6 is 0 Å². The summed E-state index contributed by atoms with van der Waals surface area (Å²) in [5, 5.41) is 8.59. The summed E-state index contributed by atoms with van der Waals surface area (Å²) in [7, 11) is 0. The molecule has 92 valence electrons. The minimum absolute atomic E-state index is 0.0540. The van der Waals surface area contributed by atoms with Crippen molar-refractivity contribution in [3.63, 3.8) is 0 Å². The van der Waals surface area contributed by atoms with Crippen molar-refractivity contribution in [1.29, 1.82) is 0 Å². The van der Waals surface area contributed by atoms with Crippen LogP contribution in [0.15, 0.2) is 0 Å². The van der Waals surface area contributed by atoms with Gasteiger partial charge in [0.15, 0.2) is 0 Å². The number of unbranched alkanes of at least 4 members (excludes halogenated alkanes) is 4. The Morgan fingerprint density at radius 1 is 1.19 bits per heavy atom. The van der Waals surface area contributed by atoms with E-state index in [2.05, 4.69) is 18.8 Å². The van der Waals surface area contributed by atoms with Gasteiger partial charge in [0, 0.05) is 0 Å². The monoisotopic (exact) mass is 224 g/mol. The van der Waals surface area contributed by atoms with Crippen LogP contribution in [0.25, 0.3) is 0 Å². The zero-order valence-corrected chi connectivity index (χ0v) is 10.4. The summed E-state index contributed by atoms with van der Waals surface area (Å²) in [5.74, 6) is 5.63. The van der Waals surface area contributed by atoms with E-state index in [4.69, 9.17) is 9.84 Å². The highest BCUT2D eigenvalue weighted by atomic mass is 16.5. The molecule has 2 atom stereocenters. The first kappa shape index (κ1) is 13.5. The van der Waals surface area contributed by atoms with E-state index < -0.39 is 0 Å². The van der Waals surface area contributed by atoms with Gasteiger partial charge in [-0.15, -0.1) is 0 Å². The molecule has 0 bridgehead atoms. The highest BCUT2D eigenvalue weighted by molar-refractivity contribution is 5.06. The number of rotatable bonds is 6. The van der Waals surface area contributed by atoms with Crippen LogP contribution in [-0.2, 0) is 4.74 Å². The zero-order valence-electron chi connectivity index (χ0n) is 10.4. The maximum Gasteiger partial charge on any atom is 0.118 e. The third kappa shape index (κ3) is 5.53. The summed E-state index contributed by atoms with van der Waals surface area (Å²) in [4.78, 5) is 0. The average Bonchev–Trinajstić information content (AvgIpc) is 2.74. The maximum absolute atomic E-state index is 8.59. The molecular formula is C14H24O2. The van der Waals surface area contributed by atoms with Gasteiger partial charge in [-0.3, -0.25) is 0 Å². The van der Waals surface area contributed by atoms with E-state index >= 15 is 0 Å². The van der Waals surface area contributed by atoms with Crippen LogP contribution in [0, 0.1) is 11.8 Å². The predicted molar refractivity (Wildman–Crippen MR) is 66.1 cm³/mol. The molecule has 1 aliphatic heterocycles. The van der Waals surface area contributed by atoms with Gasteiger partial charge in [0.25, 0.3) is 0 Å². The topological polar surface area (TPSA) is 29.5 Å². The second kappa shape index (κ2) is 8.61. The fourth-order valence-electron chi connectivity index (χ4n) is 2.16. The van der Waals surface area contributed by atoms with Crippen LogP contribution in [0.1, 0.15) is 58.3 Å². The van der Waals surface area contributed by atoms with Crippen LogP contribution in [0.2, 0.25) is 0 Å². The largest absolute Gasteiger partial charge is 0.384 e.